The second-order valence-corrected chi connectivity index (χ2v) is 7.72. The summed E-state index contributed by atoms with van der Waals surface area (Å²) in [5, 5.41) is 20.2. The fourth-order valence-electron chi connectivity index (χ4n) is 4.05. The molecular formula is C23H20F3N3O4. The highest BCUT2D eigenvalue weighted by Gasteiger charge is 2.31. The van der Waals surface area contributed by atoms with E-state index >= 15 is 0 Å². The smallest absolute Gasteiger partial charge is 0.508 e. The average molecular weight is 459 g/mol. The molecule has 1 aromatic heterocycles. The van der Waals surface area contributed by atoms with E-state index in [-0.39, 0.29) is 23.2 Å². The van der Waals surface area contributed by atoms with Gasteiger partial charge in [-0.25, -0.2) is 0 Å². The molecule has 172 valence electrons. The van der Waals surface area contributed by atoms with Crippen molar-refractivity contribution >= 4 is 16.6 Å². The number of hydrogen-bond donors (Lipinski definition) is 1. The number of phenolic OH excluding ortho intramolecular Hbond substituents is 1. The Labute approximate surface area is 186 Å². The third kappa shape index (κ3) is 4.67. The molecule has 0 atom stereocenters. The molecule has 1 aliphatic rings. The van der Waals surface area contributed by atoms with E-state index in [2.05, 4.69) is 4.74 Å². The molecule has 1 N–H and O–H groups in total. The monoisotopic (exact) mass is 459 g/mol. The van der Waals surface area contributed by atoms with Crippen LogP contribution in [-0.2, 0) is 7.05 Å². The van der Waals surface area contributed by atoms with Crippen LogP contribution in [0.5, 0.6) is 17.2 Å². The highest BCUT2D eigenvalue weighted by atomic mass is 19.4. The SMILES string of the molecule is Cn1c(=O)c(C#N)c(N2CCC(Oc3ccc(OC(F)(F)F)cc3)CC2)c2ccc(O)cc21. The number of ether oxygens (including phenoxy) is 2. The summed E-state index contributed by atoms with van der Waals surface area (Å²) < 4.78 is 48.0. The highest BCUT2D eigenvalue weighted by Crippen LogP contribution is 2.33. The normalized spacial score (nSPS) is 14.8. The van der Waals surface area contributed by atoms with E-state index in [4.69, 9.17) is 4.74 Å². The van der Waals surface area contributed by atoms with Crippen molar-refractivity contribution in [2.45, 2.75) is 25.3 Å². The first-order valence-corrected chi connectivity index (χ1v) is 10.2. The minimum Gasteiger partial charge on any atom is -0.508 e. The van der Waals surface area contributed by atoms with E-state index in [1.54, 1.807) is 13.1 Å². The van der Waals surface area contributed by atoms with Gasteiger partial charge in [-0.05, 0) is 36.4 Å². The summed E-state index contributed by atoms with van der Waals surface area (Å²) in [6.45, 7) is 1.02. The number of aromatic nitrogens is 1. The number of nitrogens with zero attached hydrogens (tertiary/aromatic N) is 3. The first kappa shape index (κ1) is 22.3. The van der Waals surface area contributed by atoms with Gasteiger partial charge in [0.05, 0.1) is 11.2 Å². The second kappa shape index (κ2) is 8.58. The van der Waals surface area contributed by atoms with Crippen molar-refractivity contribution in [2.75, 3.05) is 18.0 Å². The molecule has 1 saturated heterocycles. The molecule has 3 aromatic rings. The number of rotatable bonds is 4. The molecule has 1 fully saturated rings. The lowest BCUT2D eigenvalue weighted by Gasteiger charge is -2.35. The van der Waals surface area contributed by atoms with Gasteiger partial charge in [-0.15, -0.1) is 13.2 Å². The number of aryl methyl sites for hydroxylation is 1. The number of halogens is 3. The van der Waals surface area contributed by atoms with Crippen LogP contribution in [0.1, 0.15) is 18.4 Å². The Bertz CT molecular complexity index is 1270. The number of phenols is 1. The number of piperidine rings is 1. The van der Waals surface area contributed by atoms with Gasteiger partial charge in [0.1, 0.15) is 35.0 Å². The van der Waals surface area contributed by atoms with E-state index in [1.807, 2.05) is 11.0 Å². The Morgan fingerprint density at radius 3 is 2.33 bits per heavy atom. The lowest BCUT2D eigenvalue weighted by Crippen LogP contribution is -2.40. The predicted octanol–water partition coefficient (Wildman–Crippen LogP) is 4.06. The number of pyridine rings is 1. The van der Waals surface area contributed by atoms with Crippen LogP contribution >= 0.6 is 0 Å². The fourth-order valence-corrected chi connectivity index (χ4v) is 4.05. The largest absolute Gasteiger partial charge is 0.573 e. The molecule has 10 heteroatoms. The molecular weight excluding hydrogens is 439 g/mol. The van der Waals surface area contributed by atoms with Crippen LogP contribution in [0.2, 0.25) is 0 Å². The molecule has 0 bridgehead atoms. The molecule has 0 aliphatic carbocycles. The molecule has 4 rings (SSSR count). The van der Waals surface area contributed by atoms with Gasteiger partial charge in [-0.1, -0.05) is 0 Å². The molecule has 0 unspecified atom stereocenters. The molecule has 33 heavy (non-hydrogen) atoms. The van der Waals surface area contributed by atoms with Gasteiger partial charge >= 0.3 is 6.36 Å². The van der Waals surface area contributed by atoms with Gasteiger partial charge in [0.15, 0.2) is 0 Å². The summed E-state index contributed by atoms with van der Waals surface area (Å²) in [5.74, 6) is 0.124. The van der Waals surface area contributed by atoms with E-state index in [0.29, 0.717) is 48.3 Å². The van der Waals surface area contributed by atoms with Crippen molar-refractivity contribution in [1.82, 2.24) is 4.57 Å². The zero-order chi connectivity index (χ0) is 23.8. The molecule has 0 saturated carbocycles. The number of benzene rings is 2. The average Bonchev–Trinajstić information content (AvgIpc) is 2.77. The molecule has 2 aromatic carbocycles. The Kier molecular flexibility index (Phi) is 5.80. The number of hydrogen-bond acceptors (Lipinski definition) is 6. The van der Waals surface area contributed by atoms with Gasteiger partial charge in [0.25, 0.3) is 5.56 Å². The Morgan fingerprint density at radius 1 is 1.09 bits per heavy atom. The summed E-state index contributed by atoms with van der Waals surface area (Å²) in [5.41, 5.74) is 0.650. The van der Waals surface area contributed by atoms with Gasteiger partial charge < -0.3 is 24.0 Å². The van der Waals surface area contributed by atoms with Gasteiger partial charge in [0.2, 0.25) is 0 Å². The second-order valence-electron chi connectivity index (χ2n) is 7.72. The van der Waals surface area contributed by atoms with Gasteiger partial charge in [-0.2, -0.15) is 5.26 Å². The number of aromatic hydroxyl groups is 1. The van der Waals surface area contributed by atoms with E-state index < -0.39 is 11.9 Å². The summed E-state index contributed by atoms with van der Waals surface area (Å²) in [4.78, 5) is 14.7. The van der Waals surface area contributed by atoms with Crippen LogP contribution in [0, 0.1) is 11.3 Å². The van der Waals surface area contributed by atoms with Crippen molar-refractivity contribution < 1.29 is 27.8 Å². The number of fused-ring (bicyclic) bond motifs is 1. The van der Waals surface area contributed by atoms with Crippen molar-refractivity contribution in [3.63, 3.8) is 0 Å². The van der Waals surface area contributed by atoms with E-state index in [9.17, 15) is 28.3 Å². The topological polar surface area (TPSA) is 87.7 Å². The van der Waals surface area contributed by atoms with Crippen LogP contribution < -0.4 is 19.9 Å². The standard InChI is InChI=1S/C23H20F3N3O4/c1-28-20-12-14(30)2-7-18(20)21(19(13-27)22(28)31)29-10-8-16(9-11-29)32-15-3-5-17(6-4-15)33-23(24,25)26/h2-7,12,16,30H,8-11H2,1H3. The molecule has 0 radical (unpaired) electrons. The molecule has 0 spiro atoms. The van der Waals surface area contributed by atoms with Crippen LogP contribution in [0.15, 0.2) is 47.3 Å². The zero-order valence-electron chi connectivity index (χ0n) is 17.6. The first-order chi connectivity index (χ1) is 15.7. The van der Waals surface area contributed by atoms with E-state index in [1.165, 1.54) is 41.0 Å². The van der Waals surface area contributed by atoms with Gasteiger partial charge in [-0.3, -0.25) is 4.79 Å². The highest BCUT2D eigenvalue weighted by molar-refractivity contribution is 5.95. The maximum atomic E-state index is 12.7. The van der Waals surface area contributed by atoms with Crippen molar-refractivity contribution in [1.29, 1.82) is 5.26 Å². The Morgan fingerprint density at radius 2 is 1.73 bits per heavy atom. The third-order valence-electron chi connectivity index (χ3n) is 5.58. The summed E-state index contributed by atoms with van der Waals surface area (Å²) in [6.07, 6.45) is -3.76. The minimum atomic E-state index is -4.75. The lowest BCUT2D eigenvalue weighted by molar-refractivity contribution is -0.274. The predicted molar refractivity (Wildman–Crippen MR) is 115 cm³/mol. The minimum absolute atomic E-state index is 0.0203. The summed E-state index contributed by atoms with van der Waals surface area (Å²) in [7, 11) is 1.56. The van der Waals surface area contributed by atoms with Crippen LogP contribution in [0.25, 0.3) is 10.9 Å². The number of nitriles is 1. The number of anilines is 1. The quantitative estimate of drug-likeness (QED) is 0.633. The molecule has 0 amide bonds. The molecule has 7 nitrogen and oxygen atoms in total. The maximum Gasteiger partial charge on any atom is 0.573 e. The third-order valence-corrected chi connectivity index (χ3v) is 5.58. The molecule has 2 heterocycles. The van der Waals surface area contributed by atoms with Crippen LogP contribution in [-0.4, -0.2) is 35.2 Å². The maximum absolute atomic E-state index is 12.7. The summed E-state index contributed by atoms with van der Waals surface area (Å²) >= 11 is 0. The zero-order valence-corrected chi connectivity index (χ0v) is 17.6. The fraction of sp³-hybridized carbons (Fsp3) is 0.304. The first-order valence-electron chi connectivity index (χ1n) is 10.2. The Hall–Kier alpha value is -3.87. The van der Waals surface area contributed by atoms with Crippen LogP contribution in [0.3, 0.4) is 0 Å². The van der Waals surface area contributed by atoms with Crippen molar-refractivity contribution in [3.8, 4) is 23.3 Å². The van der Waals surface area contributed by atoms with Crippen molar-refractivity contribution in [2.24, 2.45) is 7.05 Å². The molecule has 1 aliphatic heterocycles. The summed E-state index contributed by atoms with van der Waals surface area (Å²) in [6, 6.07) is 11.9. The van der Waals surface area contributed by atoms with Gasteiger partial charge in [0, 0.05) is 44.4 Å². The van der Waals surface area contributed by atoms with Crippen molar-refractivity contribution in [3.05, 3.63) is 58.4 Å². The Balaban J connectivity index is 1.51. The van der Waals surface area contributed by atoms with Crippen LogP contribution in [0.4, 0.5) is 18.9 Å². The van der Waals surface area contributed by atoms with E-state index in [0.717, 1.165) is 0 Å². The number of alkyl halides is 3. The lowest BCUT2D eigenvalue weighted by atomic mass is 10.0.